The number of aromatic nitrogens is 2. The van der Waals surface area contributed by atoms with Gasteiger partial charge >= 0.3 is 0 Å². The molecule has 2 heterocycles. The van der Waals surface area contributed by atoms with Crippen molar-refractivity contribution >= 4 is 44.6 Å². The van der Waals surface area contributed by atoms with Crippen LogP contribution in [0, 0.1) is 18.6 Å². The monoisotopic (exact) mass is 316 g/mol. The Labute approximate surface area is 122 Å². The summed E-state index contributed by atoms with van der Waals surface area (Å²) in [5.74, 6) is 0.422. The molecule has 2 rings (SSSR count). The summed E-state index contributed by atoms with van der Waals surface area (Å²) < 4.78 is 13.3. The lowest BCUT2D eigenvalue weighted by molar-refractivity contribution is 0.565. The average molecular weight is 316 g/mol. The Kier molecular flexibility index (Phi) is 4.08. The van der Waals surface area contributed by atoms with Crippen LogP contribution < -0.4 is 5.56 Å². The van der Waals surface area contributed by atoms with Gasteiger partial charge in [0.1, 0.15) is 4.83 Å². The molecule has 0 fully saturated rings. The number of nitrogens with zero attached hydrogens (tertiary/aromatic N) is 1. The van der Waals surface area contributed by atoms with E-state index in [4.69, 9.17) is 12.2 Å². The molecule has 0 radical (unpaired) electrons. The van der Waals surface area contributed by atoms with Crippen molar-refractivity contribution in [2.24, 2.45) is 0 Å². The fourth-order valence-electron chi connectivity index (χ4n) is 2.16. The van der Waals surface area contributed by atoms with Crippen LogP contribution in [-0.2, 0) is 10.8 Å². The van der Waals surface area contributed by atoms with E-state index in [-0.39, 0.29) is 11.6 Å². The standard InChI is InChI=1S/C12H16N2O2S3/c1-6(5-19(4)16)14-11(15)9-7(2)8(3)18-10(9)13-12(14)17/h6H,5H2,1-4H3,(H,13,17). The predicted molar refractivity (Wildman–Crippen MR) is 84.4 cm³/mol. The molecule has 0 spiro atoms. The van der Waals surface area contributed by atoms with Crippen LogP contribution in [0.2, 0.25) is 0 Å². The summed E-state index contributed by atoms with van der Waals surface area (Å²) in [5, 5.41) is 0.699. The molecule has 0 aliphatic heterocycles. The Morgan fingerprint density at radius 3 is 2.68 bits per heavy atom. The lowest BCUT2D eigenvalue weighted by atomic mass is 10.2. The molecule has 0 aliphatic rings. The first kappa shape index (κ1) is 14.6. The molecule has 7 heteroatoms. The minimum absolute atomic E-state index is 0.0847. The summed E-state index contributed by atoms with van der Waals surface area (Å²) >= 11 is 6.81. The molecule has 104 valence electrons. The fraction of sp³-hybridized carbons (Fsp3) is 0.500. The number of aryl methyl sites for hydroxylation is 2. The molecule has 0 aromatic carbocycles. The van der Waals surface area contributed by atoms with Crippen LogP contribution in [0.15, 0.2) is 4.79 Å². The molecule has 0 aliphatic carbocycles. The van der Waals surface area contributed by atoms with E-state index < -0.39 is 10.8 Å². The summed E-state index contributed by atoms with van der Waals surface area (Å²) in [6, 6.07) is -0.175. The Morgan fingerprint density at radius 2 is 2.11 bits per heavy atom. The second-order valence-corrected chi connectivity index (χ2v) is 7.77. The largest absolute Gasteiger partial charge is 0.323 e. The van der Waals surface area contributed by atoms with E-state index in [2.05, 4.69) is 4.98 Å². The third-order valence-electron chi connectivity index (χ3n) is 3.17. The first-order valence-electron chi connectivity index (χ1n) is 5.87. The highest BCUT2D eigenvalue weighted by Crippen LogP contribution is 2.26. The SMILES string of the molecule is Cc1sc2[nH]c(=S)n(C(C)CS(C)=O)c(=O)c2c1C. The maximum absolute atomic E-state index is 12.6. The van der Waals surface area contributed by atoms with Gasteiger partial charge in [-0.25, -0.2) is 0 Å². The molecule has 0 amide bonds. The number of aromatic amines is 1. The van der Waals surface area contributed by atoms with E-state index >= 15 is 0 Å². The topological polar surface area (TPSA) is 54.9 Å². The zero-order valence-corrected chi connectivity index (χ0v) is 13.7. The smallest absolute Gasteiger partial charge is 0.263 e. The van der Waals surface area contributed by atoms with Crippen molar-refractivity contribution in [3.8, 4) is 0 Å². The van der Waals surface area contributed by atoms with Gasteiger partial charge in [0.2, 0.25) is 0 Å². The van der Waals surface area contributed by atoms with Gasteiger partial charge in [-0.1, -0.05) is 0 Å². The molecule has 0 saturated heterocycles. The van der Waals surface area contributed by atoms with E-state index in [1.165, 1.54) is 4.57 Å². The van der Waals surface area contributed by atoms with Crippen LogP contribution in [0.25, 0.3) is 10.2 Å². The Bertz CT molecular complexity index is 770. The van der Waals surface area contributed by atoms with Gasteiger partial charge in [0.05, 0.1) is 5.39 Å². The molecule has 0 saturated carbocycles. The maximum atomic E-state index is 12.6. The van der Waals surface area contributed by atoms with E-state index in [0.29, 0.717) is 15.9 Å². The number of fused-ring (bicyclic) bond motifs is 1. The lowest BCUT2D eigenvalue weighted by Gasteiger charge is -2.14. The summed E-state index contributed by atoms with van der Waals surface area (Å²) in [4.78, 5) is 17.6. The Morgan fingerprint density at radius 1 is 1.47 bits per heavy atom. The van der Waals surface area contributed by atoms with Gasteiger partial charge in [0, 0.05) is 33.7 Å². The van der Waals surface area contributed by atoms with Crippen LogP contribution >= 0.6 is 23.6 Å². The van der Waals surface area contributed by atoms with E-state index in [9.17, 15) is 9.00 Å². The van der Waals surface area contributed by atoms with Crippen LogP contribution in [0.4, 0.5) is 0 Å². The average Bonchev–Trinajstić information content (AvgIpc) is 2.53. The van der Waals surface area contributed by atoms with Crippen molar-refractivity contribution in [3.05, 3.63) is 25.6 Å². The molecular weight excluding hydrogens is 300 g/mol. The van der Waals surface area contributed by atoms with Crippen LogP contribution in [0.3, 0.4) is 0 Å². The number of nitrogens with one attached hydrogen (secondary N) is 1. The molecule has 2 unspecified atom stereocenters. The van der Waals surface area contributed by atoms with Crippen molar-refractivity contribution in [1.29, 1.82) is 0 Å². The summed E-state index contributed by atoms with van der Waals surface area (Å²) in [6.07, 6.45) is 1.63. The molecule has 4 nitrogen and oxygen atoms in total. The minimum Gasteiger partial charge on any atom is -0.323 e. The van der Waals surface area contributed by atoms with Gasteiger partial charge < -0.3 is 4.98 Å². The zero-order chi connectivity index (χ0) is 14.3. The number of rotatable bonds is 3. The fourth-order valence-corrected chi connectivity index (χ4v) is 4.47. The van der Waals surface area contributed by atoms with Crippen LogP contribution in [-0.4, -0.2) is 25.8 Å². The van der Waals surface area contributed by atoms with E-state index in [1.54, 1.807) is 17.6 Å². The lowest BCUT2D eigenvalue weighted by Crippen LogP contribution is -2.28. The van der Waals surface area contributed by atoms with E-state index in [1.807, 2.05) is 20.8 Å². The van der Waals surface area contributed by atoms with Crippen molar-refractivity contribution in [2.75, 3.05) is 12.0 Å². The summed E-state index contributed by atoms with van der Waals surface area (Å²) in [5.41, 5.74) is 0.911. The van der Waals surface area contributed by atoms with Gasteiger partial charge in [0.25, 0.3) is 5.56 Å². The molecule has 0 bridgehead atoms. The molecular formula is C12H16N2O2S3. The quantitative estimate of drug-likeness (QED) is 0.886. The van der Waals surface area contributed by atoms with Crippen molar-refractivity contribution in [3.63, 3.8) is 0 Å². The third kappa shape index (κ3) is 2.59. The summed E-state index contributed by atoms with van der Waals surface area (Å²) in [7, 11) is -0.964. The highest BCUT2D eigenvalue weighted by Gasteiger charge is 2.16. The second-order valence-electron chi connectivity index (χ2n) is 4.68. The highest BCUT2D eigenvalue weighted by atomic mass is 32.2. The number of hydrogen-bond acceptors (Lipinski definition) is 4. The minimum atomic E-state index is -0.964. The van der Waals surface area contributed by atoms with Crippen molar-refractivity contribution in [1.82, 2.24) is 9.55 Å². The van der Waals surface area contributed by atoms with Gasteiger partial charge in [-0.3, -0.25) is 13.6 Å². The number of H-pyrrole nitrogens is 1. The van der Waals surface area contributed by atoms with Gasteiger partial charge in [0.15, 0.2) is 4.77 Å². The van der Waals surface area contributed by atoms with Gasteiger partial charge in [-0.2, -0.15) is 0 Å². The number of hydrogen-bond donors (Lipinski definition) is 1. The zero-order valence-electron chi connectivity index (χ0n) is 11.3. The molecule has 19 heavy (non-hydrogen) atoms. The van der Waals surface area contributed by atoms with Crippen molar-refractivity contribution in [2.45, 2.75) is 26.8 Å². The van der Waals surface area contributed by atoms with Crippen molar-refractivity contribution < 1.29 is 4.21 Å². The predicted octanol–water partition coefficient (Wildman–Crippen LogP) is 2.68. The first-order chi connectivity index (χ1) is 8.82. The van der Waals surface area contributed by atoms with Gasteiger partial charge in [-0.15, -0.1) is 11.3 Å². The molecule has 2 atom stereocenters. The Hall–Kier alpha value is -0.790. The molecule has 2 aromatic rings. The third-order valence-corrected chi connectivity index (χ3v) is 5.55. The van der Waals surface area contributed by atoms with Crippen LogP contribution in [0.1, 0.15) is 23.4 Å². The highest BCUT2D eigenvalue weighted by molar-refractivity contribution is 7.84. The molecule has 1 N–H and O–H groups in total. The first-order valence-corrected chi connectivity index (χ1v) is 8.82. The van der Waals surface area contributed by atoms with E-state index in [0.717, 1.165) is 15.3 Å². The molecule has 2 aromatic heterocycles. The normalized spacial score (nSPS) is 14.7. The van der Waals surface area contributed by atoms with Gasteiger partial charge in [-0.05, 0) is 38.6 Å². The maximum Gasteiger partial charge on any atom is 0.263 e. The second kappa shape index (κ2) is 5.30. The number of thiophene rings is 1. The summed E-state index contributed by atoms with van der Waals surface area (Å²) in [6.45, 7) is 5.80. The van der Waals surface area contributed by atoms with Crippen LogP contribution in [0.5, 0.6) is 0 Å². The Balaban J connectivity index is 2.75.